The zero-order chi connectivity index (χ0) is 17.1. The van der Waals surface area contributed by atoms with Crippen LogP contribution in [0, 0.1) is 6.92 Å². The van der Waals surface area contributed by atoms with Gasteiger partial charge in [0.25, 0.3) is 0 Å². The van der Waals surface area contributed by atoms with Gasteiger partial charge in [0.05, 0.1) is 12.2 Å². The molecule has 0 amide bonds. The van der Waals surface area contributed by atoms with Gasteiger partial charge in [-0.25, -0.2) is 0 Å². The van der Waals surface area contributed by atoms with Gasteiger partial charge in [-0.05, 0) is 35.5 Å². The van der Waals surface area contributed by atoms with Crippen LogP contribution >= 0.6 is 0 Å². The molecule has 7 heteroatoms. The van der Waals surface area contributed by atoms with Gasteiger partial charge in [0.15, 0.2) is 11.6 Å². The van der Waals surface area contributed by atoms with E-state index >= 15 is 0 Å². The molecule has 0 saturated carbocycles. The van der Waals surface area contributed by atoms with E-state index < -0.39 is 0 Å². The average Bonchev–Trinajstić information content (AvgIpc) is 3.30. The Morgan fingerprint density at radius 1 is 1.04 bits per heavy atom. The van der Waals surface area contributed by atoms with Crippen LogP contribution in [0.2, 0.25) is 0 Å². The molecule has 0 fully saturated rings. The molecule has 0 radical (unpaired) electrons. The number of aryl methyl sites for hydroxylation is 1. The molecule has 0 bridgehead atoms. The molecule has 0 spiro atoms. The smallest absolute Gasteiger partial charge is 0.156 e. The largest absolute Gasteiger partial charge is 0.378 e. The highest BCUT2D eigenvalue weighted by atomic mass is 16.5. The van der Waals surface area contributed by atoms with Gasteiger partial charge in [-0.2, -0.15) is 4.68 Å². The Balaban J connectivity index is 1.47. The lowest BCUT2D eigenvalue weighted by Crippen LogP contribution is -2.02. The van der Waals surface area contributed by atoms with Gasteiger partial charge in [0, 0.05) is 17.3 Å². The van der Waals surface area contributed by atoms with Gasteiger partial charge in [-0.1, -0.05) is 41.6 Å². The van der Waals surface area contributed by atoms with Crippen molar-refractivity contribution < 1.29 is 4.52 Å². The maximum atomic E-state index is 5.41. The van der Waals surface area contributed by atoms with Crippen molar-refractivity contribution in [3.63, 3.8) is 0 Å². The molecular formula is C18H16N6O. The Labute approximate surface area is 144 Å². The number of rotatable bonds is 5. The lowest BCUT2D eigenvalue weighted by Gasteiger charge is -2.07. The Kier molecular flexibility index (Phi) is 3.96. The third kappa shape index (κ3) is 3.25. The number of benzene rings is 2. The SMILES string of the molecule is Cc1nnnn1-c1cccc(NCc2cc(-c3ccccc3)no2)c1. The van der Waals surface area contributed by atoms with E-state index in [-0.39, 0.29) is 0 Å². The Hall–Kier alpha value is -3.48. The van der Waals surface area contributed by atoms with Crippen LogP contribution in [-0.2, 0) is 6.54 Å². The fourth-order valence-electron chi connectivity index (χ4n) is 2.55. The van der Waals surface area contributed by atoms with Crippen LogP contribution in [0.5, 0.6) is 0 Å². The van der Waals surface area contributed by atoms with E-state index in [2.05, 4.69) is 26.0 Å². The summed E-state index contributed by atoms with van der Waals surface area (Å²) in [4.78, 5) is 0. The van der Waals surface area contributed by atoms with E-state index in [4.69, 9.17) is 4.52 Å². The number of nitrogens with zero attached hydrogens (tertiary/aromatic N) is 5. The van der Waals surface area contributed by atoms with Crippen molar-refractivity contribution in [3.8, 4) is 16.9 Å². The molecule has 4 aromatic rings. The Morgan fingerprint density at radius 3 is 2.72 bits per heavy atom. The van der Waals surface area contributed by atoms with E-state index in [0.29, 0.717) is 6.54 Å². The number of nitrogens with one attached hydrogen (secondary N) is 1. The summed E-state index contributed by atoms with van der Waals surface area (Å²) in [5.41, 5.74) is 3.71. The number of hydrogen-bond donors (Lipinski definition) is 1. The van der Waals surface area contributed by atoms with Crippen LogP contribution in [0.15, 0.2) is 65.2 Å². The fourth-order valence-corrected chi connectivity index (χ4v) is 2.55. The quantitative estimate of drug-likeness (QED) is 0.604. The van der Waals surface area contributed by atoms with Gasteiger partial charge in [-0.15, -0.1) is 5.10 Å². The van der Waals surface area contributed by atoms with Crippen molar-refractivity contribution in [1.29, 1.82) is 0 Å². The maximum Gasteiger partial charge on any atom is 0.156 e. The maximum absolute atomic E-state index is 5.41. The molecule has 1 N–H and O–H groups in total. The summed E-state index contributed by atoms with van der Waals surface area (Å²) in [6.45, 7) is 2.40. The van der Waals surface area contributed by atoms with Crippen molar-refractivity contribution in [3.05, 3.63) is 72.2 Å². The molecule has 25 heavy (non-hydrogen) atoms. The van der Waals surface area contributed by atoms with E-state index in [1.807, 2.05) is 67.6 Å². The minimum Gasteiger partial charge on any atom is -0.378 e. The Bertz CT molecular complexity index is 976. The molecule has 124 valence electrons. The van der Waals surface area contributed by atoms with E-state index in [1.54, 1.807) is 4.68 Å². The molecule has 0 unspecified atom stereocenters. The van der Waals surface area contributed by atoms with Crippen molar-refractivity contribution in [2.45, 2.75) is 13.5 Å². The molecule has 7 nitrogen and oxygen atoms in total. The zero-order valence-corrected chi connectivity index (χ0v) is 13.6. The van der Waals surface area contributed by atoms with Crippen molar-refractivity contribution in [2.24, 2.45) is 0 Å². The summed E-state index contributed by atoms with van der Waals surface area (Å²) in [6.07, 6.45) is 0. The highest BCUT2D eigenvalue weighted by Gasteiger charge is 2.07. The highest BCUT2D eigenvalue weighted by Crippen LogP contribution is 2.20. The van der Waals surface area contributed by atoms with Crippen LogP contribution in [0.25, 0.3) is 16.9 Å². The third-order valence-electron chi connectivity index (χ3n) is 3.81. The van der Waals surface area contributed by atoms with Gasteiger partial charge in [0.1, 0.15) is 5.69 Å². The molecule has 2 aromatic heterocycles. The van der Waals surface area contributed by atoms with Crippen molar-refractivity contribution in [2.75, 3.05) is 5.32 Å². The first-order valence-electron chi connectivity index (χ1n) is 7.90. The topological polar surface area (TPSA) is 81.7 Å². The van der Waals surface area contributed by atoms with E-state index in [9.17, 15) is 0 Å². The van der Waals surface area contributed by atoms with E-state index in [1.165, 1.54) is 0 Å². The van der Waals surface area contributed by atoms with Crippen LogP contribution in [0.4, 0.5) is 5.69 Å². The molecule has 0 aliphatic heterocycles. The highest BCUT2D eigenvalue weighted by molar-refractivity contribution is 5.58. The molecule has 0 atom stereocenters. The lowest BCUT2D eigenvalue weighted by molar-refractivity contribution is 0.390. The van der Waals surface area contributed by atoms with Gasteiger partial charge < -0.3 is 9.84 Å². The zero-order valence-electron chi connectivity index (χ0n) is 13.6. The summed E-state index contributed by atoms with van der Waals surface area (Å²) in [6, 6.07) is 19.8. The molecule has 0 saturated heterocycles. The lowest BCUT2D eigenvalue weighted by atomic mass is 10.1. The third-order valence-corrected chi connectivity index (χ3v) is 3.81. The first-order valence-corrected chi connectivity index (χ1v) is 7.90. The Morgan fingerprint density at radius 2 is 1.92 bits per heavy atom. The first-order chi connectivity index (χ1) is 12.3. The van der Waals surface area contributed by atoms with Crippen LogP contribution in [-0.4, -0.2) is 25.4 Å². The fraction of sp³-hybridized carbons (Fsp3) is 0.111. The van der Waals surface area contributed by atoms with Crippen molar-refractivity contribution in [1.82, 2.24) is 25.4 Å². The van der Waals surface area contributed by atoms with E-state index in [0.717, 1.165) is 34.2 Å². The second-order valence-electron chi connectivity index (χ2n) is 5.59. The predicted molar refractivity (Wildman–Crippen MR) is 93.2 cm³/mol. The molecule has 0 aliphatic carbocycles. The molecule has 0 aliphatic rings. The summed E-state index contributed by atoms with van der Waals surface area (Å²) in [7, 11) is 0. The molecule has 4 rings (SSSR count). The molecular weight excluding hydrogens is 316 g/mol. The molecule has 2 heterocycles. The second-order valence-corrected chi connectivity index (χ2v) is 5.59. The van der Waals surface area contributed by atoms with Gasteiger partial charge in [-0.3, -0.25) is 0 Å². The number of hydrogen-bond acceptors (Lipinski definition) is 6. The molecule has 2 aromatic carbocycles. The summed E-state index contributed by atoms with van der Waals surface area (Å²) < 4.78 is 7.10. The minimum absolute atomic E-state index is 0.540. The second kappa shape index (κ2) is 6.56. The van der Waals surface area contributed by atoms with Gasteiger partial charge >= 0.3 is 0 Å². The van der Waals surface area contributed by atoms with Gasteiger partial charge in [0.2, 0.25) is 0 Å². The normalized spacial score (nSPS) is 10.8. The van der Waals surface area contributed by atoms with Crippen LogP contribution < -0.4 is 5.32 Å². The first kappa shape index (κ1) is 15.1. The van der Waals surface area contributed by atoms with Crippen molar-refractivity contribution >= 4 is 5.69 Å². The summed E-state index contributed by atoms with van der Waals surface area (Å²) in [5.74, 6) is 1.50. The number of tetrazole rings is 1. The number of anilines is 1. The average molecular weight is 332 g/mol. The predicted octanol–water partition coefficient (Wildman–Crippen LogP) is 3.24. The number of aromatic nitrogens is 5. The minimum atomic E-state index is 0.540. The standard InChI is InChI=1S/C18H16N6O/c1-13-20-22-23-24(13)16-9-5-8-15(10-16)19-12-17-11-18(21-25-17)14-6-3-2-4-7-14/h2-11,19H,12H2,1H3. The summed E-state index contributed by atoms with van der Waals surface area (Å²) >= 11 is 0. The van der Waals surface area contributed by atoms with Crippen LogP contribution in [0.3, 0.4) is 0 Å². The monoisotopic (exact) mass is 332 g/mol. The summed E-state index contributed by atoms with van der Waals surface area (Å²) in [5, 5.41) is 19.0. The van der Waals surface area contributed by atoms with Crippen LogP contribution in [0.1, 0.15) is 11.6 Å².